The summed E-state index contributed by atoms with van der Waals surface area (Å²) < 4.78 is 0. The van der Waals surface area contributed by atoms with Crippen LogP contribution in [-0.4, -0.2) is 55.1 Å². The van der Waals surface area contributed by atoms with Crippen LogP contribution < -0.4 is 5.73 Å². The molecular weight excluding hydrogens is 258 g/mol. The first-order valence-electron chi connectivity index (χ1n) is 9.50. The van der Waals surface area contributed by atoms with Gasteiger partial charge in [-0.1, -0.05) is 32.6 Å². The maximum Gasteiger partial charge on any atom is 0.0113 e. The van der Waals surface area contributed by atoms with Gasteiger partial charge in [0.2, 0.25) is 0 Å². The van der Waals surface area contributed by atoms with E-state index in [2.05, 4.69) is 16.7 Å². The second kappa shape index (κ2) is 9.81. The second-order valence-electron chi connectivity index (χ2n) is 7.19. The third-order valence-electron chi connectivity index (χ3n) is 5.61. The van der Waals surface area contributed by atoms with Gasteiger partial charge in [0.1, 0.15) is 0 Å². The highest BCUT2D eigenvalue weighted by Crippen LogP contribution is 2.24. The predicted octanol–water partition coefficient (Wildman–Crippen LogP) is 3.09. The van der Waals surface area contributed by atoms with E-state index in [9.17, 15) is 0 Å². The summed E-state index contributed by atoms with van der Waals surface area (Å²) >= 11 is 0. The summed E-state index contributed by atoms with van der Waals surface area (Å²) in [6, 6.07) is 0.922. The van der Waals surface area contributed by atoms with Crippen molar-refractivity contribution in [3.05, 3.63) is 0 Å². The fraction of sp³-hybridized carbons (Fsp3) is 1.00. The van der Waals surface area contributed by atoms with Gasteiger partial charge in [0.05, 0.1) is 0 Å². The maximum atomic E-state index is 5.73. The largest absolute Gasteiger partial charge is 0.330 e. The molecule has 124 valence electrons. The molecule has 1 heterocycles. The average molecular weight is 296 g/mol. The van der Waals surface area contributed by atoms with E-state index in [0.29, 0.717) is 0 Å². The second-order valence-corrected chi connectivity index (χ2v) is 7.19. The predicted molar refractivity (Wildman–Crippen MR) is 91.6 cm³/mol. The molecule has 1 atom stereocenters. The fourth-order valence-electron chi connectivity index (χ4n) is 4.30. The number of nitrogens with two attached hydrogens (primary N) is 1. The Morgan fingerprint density at radius 2 is 1.71 bits per heavy atom. The van der Waals surface area contributed by atoms with Crippen molar-refractivity contribution in [3.8, 4) is 0 Å². The van der Waals surface area contributed by atoms with Crippen molar-refractivity contribution in [2.75, 3.05) is 39.3 Å². The molecule has 1 saturated heterocycles. The van der Waals surface area contributed by atoms with E-state index in [0.717, 1.165) is 18.5 Å². The van der Waals surface area contributed by atoms with Crippen LogP contribution in [0, 0.1) is 5.92 Å². The highest BCUT2D eigenvalue weighted by atomic mass is 15.3. The van der Waals surface area contributed by atoms with Crippen molar-refractivity contribution in [2.24, 2.45) is 11.7 Å². The zero-order valence-electron chi connectivity index (χ0n) is 14.2. The Morgan fingerprint density at radius 1 is 1.00 bits per heavy atom. The van der Waals surface area contributed by atoms with E-state index >= 15 is 0 Å². The average Bonchev–Trinajstić information content (AvgIpc) is 3.03. The number of rotatable bonds is 9. The smallest absolute Gasteiger partial charge is 0.0113 e. The zero-order chi connectivity index (χ0) is 14.9. The monoisotopic (exact) mass is 295 g/mol. The normalized spacial score (nSPS) is 23.7. The van der Waals surface area contributed by atoms with Crippen LogP contribution in [-0.2, 0) is 0 Å². The Morgan fingerprint density at radius 3 is 2.33 bits per heavy atom. The highest BCUT2D eigenvalue weighted by molar-refractivity contribution is 4.82. The van der Waals surface area contributed by atoms with Crippen LogP contribution in [0.25, 0.3) is 0 Å². The van der Waals surface area contributed by atoms with Gasteiger partial charge in [0, 0.05) is 32.2 Å². The molecule has 2 fully saturated rings. The summed E-state index contributed by atoms with van der Waals surface area (Å²) in [5.41, 5.74) is 5.73. The van der Waals surface area contributed by atoms with Crippen molar-refractivity contribution in [2.45, 2.75) is 70.8 Å². The molecule has 1 aliphatic carbocycles. The van der Waals surface area contributed by atoms with Crippen LogP contribution in [0.4, 0.5) is 0 Å². The number of hydrogen-bond acceptors (Lipinski definition) is 3. The van der Waals surface area contributed by atoms with Gasteiger partial charge in [0.15, 0.2) is 0 Å². The van der Waals surface area contributed by atoms with E-state index in [1.54, 1.807) is 0 Å². The van der Waals surface area contributed by atoms with Crippen LogP contribution >= 0.6 is 0 Å². The van der Waals surface area contributed by atoms with Crippen LogP contribution in [0.2, 0.25) is 0 Å². The first kappa shape index (κ1) is 17.2. The van der Waals surface area contributed by atoms with E-state index in [1.165, 1.54) is 90.5 Å². The molecule has 0 aromatic rings. The van der Waals surface area contributed by atoms with E-state index < -0.39 is 0 Å². The lowest BCUT2D eigenvalue weighted by atomic mass is 9.94. The molecule has 0 aromatic heterocycles. The van der Waals surface area contributed by atoms with Crippen LogP contribution in [0.15, 0.2) is 0 Å². The van der Waals surface area contributed by atoms with Crippen molar-refractivity contribution in [1.82, 2.24) is 9.80 Å². The molecule has 3 nitrogen and oxygen atoms in total. The summed E-state index contributed by atoms with van der Waals surface area (Å²) in [5.74, 6) is 0.875. The lowest BCUT2D eigenvalue weighted by molar-refractivity contribution is 0.0957. The Bertz CT molecular complexity index is 249. The summed E-state index contributed by atoms with van der Waals surface area (Å²) in [4.78, 5) is 5.45. The van der Waals surface area contributed by atoms with Gasteiger partial charge in [-0.15, -0.1) is 0 Å². The van der Waals surface area contributed by atoms with Gasteiger partial charge in [-0.3, -0.25) is 4.90 Å². The first-order valence-corrected chi connectivity index (χ1v) is 9.50. The van der Waals surface area contributed by atoms with Crippen molar-refractivity contribution in [1.29, 1.82) is 0 Å². The molecule has 0 bridgehead atoms. The van der Waals surface area contributed by atoms with Crippen molar-refractivity contribution >= 4 is 0 Å². The molecule has 21 heavy (non-hydrogen) atoms. The molecule has 1 unspecified atom stereocenters. The van der Waals surface area contributed by atoms with E-state index in [1.807, 2.05) is 0 Å². The molecule has 1 aliphatic heterocycles. The van der Waals surface area contributed by atoms with Gasteiger partial charge >= 0.3 is 0 Å². The van der Waals surface area contributed by atoms with Crippen molar-refractivity contribution in [3.63, 3.8) is 0 Å². The lowest BCUT2D eigenvalue weighted by Gasteiger charge is -2.38. The Balaban J connectivity index is 1.57. The topological polar surface area (TPSA) is 32.5 Å². The Labute approximate surface area is 132 Å². The standard InChI is InChI=1S/C18H37N3/c1-2-6-17(10-11-19)7-5-12-20-13-15-21(16-14-20)18-8-3-4-9-18/h17-18H,2-16,19H2,1H3. The van der Waals surface area contributed by atoms with Crippen molar-refractivity contribution < 1.29 is 0 Å². The Hall–Kier alpha value is -0.120. The van der Waals surface area contributed by atoms with Gasteiger partial charge in [-0.25, -0.2) is 0 Å². The first-order chi connectivity index (χ1) is 10.3. The molecule has 0 spiro atoms. The summed E-state index contributed by atoms with van der Waals surface area (Å²) in [6.07, 6.45) is 12.5. The molecule has 3 heteroatoms. The highest BCUT2D eigenvalue weighted by Gasteiger charge is 2.25. The lowest BCUT2D eigenvalue weighted by Crippen LogP contribution is -2.49. The molecule has 0 radical (unpaired) electrons. The van der Waals surface area contributed by atoms with Crippen LogP contribution in [0.5, 0.6) is 0 Å². The molecular formula is C18H37N3. The van der Waals surface area contributed by atoms with E-state index in [4.69, 9.17) is 5.73 Å². The minimum atomic E-state index is 0.866. The summed E-state index contributed by atoms with van der Waals surface area (Å²) in [5, 5.41) is 0. The van der Waals surface area contributed by atoms with Crippen LogP contribution in [0.1, 0.15) is 64.7 Å². The summed E-state index contributed by atoms with van der Waals surface area (Å²) in [6.45, 7) is 9.69. The van der Waals surface area contributed by atoms with E-state index in [-0.39, 0.29) is 0 Å². The molecule has 2 N–H and O–H groups in total. The minimum Gasteiger partial charge on any atom is -0.330 e. The minimum absolute atomic E-state index is 0.866. The Kier molecular flexibility index (Phi) is 8.05. The fourth-order valence-corrected chi connectivity index (χ4v) is 4.30. The summed E-state index contributed by atoms with van der Waals surface area (Å²) in [7, 11) is 0. The van der Waals surface area contributed by atoms with Gasteiger partial charge < -0.3 is 10.6 Å². The maximum absolute atomic E-state index is 5.73. The number of piperazine rings is 1. The third kappa shape index (κ3) is 5.88. The molecule has 0 amide bonds. The molecule has 1 saturated carbocycles. The third-order valence-corrected chi connectivity index (χ3v) is 5.61. The van der Waals surface area contributed by atoms with Gasteiger partial charge in [0.25, 0.3) is 0 Å². The van der Waals surface area contributed by atoms with Gasteiger partial charge in [-0.2, -0.15) is 0 Å². The van der Waals surface area contributed by atoms with Gasteiger partial charge in [-0.05, 0) is 51.1 Å². The molecule has 2 aliphatic rings. The quantitative estimate of drug-likeness (QED) is 0.709. The molecule has 2 rings (SSSR count). The number of hydrogen-bond donors (Lipinski definition) is 1. The zero-order valence-corrected chi connectivity index (χ0v) is 14.2. The molecule has 0 aromatic carbocycles. The number of nitrogens with zero attached hydrogens (tertiary/aromatic N) is 2. The van der Waals surface area contributed by atoms with Crippen LogP contribution in [0.3, 0.4) is 0 Å². The SMILES string of the molecule is CCCC(CCN)CCCN1CCN(C2CCCC2)CC1.